The van der Waals surface area contributed by atoms with Crippen LogP contribution in [0.15, 0.2) is 353 Å². The third kappa shape index (κ3) is 9.88. The van der Waals surface area contributed by atoms with Crippen LogP contribution in [0, 0.1) is 0 Å². The second-order valence-corrected chi connectivity index (χ2v) is 28.6. The molecule has 0 amide bonds. The van der Waals surface area contributed by atoms with Gasteiger partial charge in [0.05, 0.1) is 11.4 Å². The van der Waals surface area contributed by atoms with Crippen LogP contribution in [0.1, 0.15) is 26.3 Å². The summed E-state index contributed by atoms with van der Waals surface area (Å²) in [5, 5.41) is 0. The molecule has 96 heavy (non-hydrogen) atoms. The molecule has 0 saturated heterocycles. The van der Waals surface area contributed by atoms with Crippen molar-refractivity contribution in [1.82, 2.24) is 0 Å². The van der Waals surface area contributed by atoms with Crippen molar-refractivity contribution in [2.24, 2.45) is 0 Å². The number of anilines is 12. The van der Waals surface area contributed by atoms with Crippen molar-refractivity contribution in [3.8, 4) is 33.4 Å². The van der Waals surface area contributed by atoms with E-state index in [4.69, 9.17) is 0 Å². The van der Waals surface area contributed by atoms with Crippen molar-refractivity contribution in [2.45, 2.75) is 45.8 Å². The second-order valence-electron chi connectivity index (χ2n) is 26.4. The van der Waals surface area contributed by atoms with Crippen LogP contribution in [0.5, 0.6) is 0 Å². The summed E-state index contributed by atoms with van der Waals surface area (Å²) < 4.78 is 0. The summed E-state index contributed by atoms with van der Waals surface area (Å²) >= 11 is 3.84. The van der Waals surface area contributed by atoms with Crippen LogP contribution >= 0.6 is 23.5 Å². The highest BCUT2D eigenvalue weighted by molar-refractivity contribution is 8.01. The Labute approximate surface area is 572 Å². The van der Waals surface area contributed by atoms with Crippen LogP contribution in [0.25, 0.3) is 33.4 Å². The first-order valence-corrected chi connectivity index (χ1v) is 34.8. The highest BCUT2D eigenvalue weighted by Gasteiger charge is 2.47. The Balaban J connectivity index is 0.894. The highest BCUT2D eigenvalue weighted by atomic mass is 32.2. The molecule has 14 aromatic carbocycles. The Morgan fingerprint density at radius 1 is 0.271 bits per heavy atom. The summed E-state index contributed by atoms with van der Waals surface area (Å²) in [5.74, 6) is 0. The fourth-order valence-electron chi connectivity index (χ4n) is 15.2. The van der Waals surface area contributed by atoms with Gasteiger partial charge in [-0.25, -0.2) is 0 Å². The van der Waals surface area contributed by atoms with Gasteiger partial charge in [0.25, 0.3) is 6.71 Å². The minimum Gasteiger partial charge on any atom is -0.311 e. The maximum atomic E-state index is 2.65. The lowest BCUT2D eigenvalue weighted by Gasteiger charge is -2.46. The van der Waals surface area contributed by atoms with Gasteiger partial charge in [0.2, 0.25) is 6.71 Å². The van der Waals surface area contributed by atoms with Crippen LogP contribution in [0.3, 0.4) is 0 Å². The number of rotatable bonds is 11. The first-order chi connectivity index (χ1) is 47.3. The van der Waals surface area contributed by atoms with E-state index in [1.54, 1.807) is 0 Å². The summed E-state index contributed by atoms with van der Waals surface area (Å²) in [5.41, 5.74) is 29.7. The number of nitrogens with zero attached hydrogens (tertiary/aromatic N) is 4. The van der Waals surface area contributed by atoms with E-state index >= 15 is 0 Å². The van der Waals surface area contributed by atoms with Crippen LogP contribution in [0.2, 0.25) is 0 Å². The summed E-state index contributed by atoms with van der Waals surface area (Å²) in [7, 11) is 0. The first-order valence-electron chi connectivity index (χ1n) is 33.2. The zero-order valence-corrected chi connectivity index (χ0v) is 55.1. The van der Waals surface area contributed by atoms with E-state index in [-0.39, 0.29) is 18.8 Å². The Bertz CT molecular complexity index is 5260. The second kappa shape index (κ2) is 23.5. The number of fused-ring (bicyclic) bond motifs is 8. The Morgan fingerprint density at radius 2 is 0.750 bits per heavy atom. The minimum atomic E-state index is -0.133. The monoisotopic (exact) mass is 1260 g/mol. The van der Waals surface area contributed by atoms with E-state index < -0.39 is 0 Å². The molecule has 0 aromatic heterocycles. The zero-order chi connectivity index (χ0) is 64.0. The largest absolute Gasteiger partial charge is 0.311 e. The standard InChI is InChI=1S/C88H64B2N4S2/c1-88(2,3)64-48-44-62(45-49-64)72-38-19-22-41-77(72)94-79-58-83-76(57-75(79)89-73-39-20-23-42-78(73)93(67-35-17-8-18-36-67)80-53-70(54-81(94)86(80)89)91(65-31-13-6-14-32-65)66-33-15-7-16-34-66)90-74-40-21-24-43-82(74)95-84-55-71(56-85(96-83)87(84)90)92(68-50-46-61(47-51-68)59-26-9-4-10-27-59)69-37-25-30-63(52-69)60-28-11-5-12-29-60/h4-58H,1-3H3. The van der Waals surface area contributed by atoms with Gasteiger partial charge >= 0.3 is 0 Å². The van der Waals surface area contributed by atoms with Crippen molar-refractivity contribution in [3.05, 3.63) is 339 Å². The van der Waals surface area contributed by atoms with Gasteiger partial charge in [-0.3, -0.25) is 0 Å². The van der Waals surface area contributed by atoms with Crippen LogP contribution < -0.4 is 52.4 Å². The van der Waals surface area contributed by atoms with Gasteiger partial charge in [-0.05, 0) is 170 Å². The molecule has 0 radical (unpaired) electrons. The predicted octanol–water partition coefficient (Wildman–Crippen LogP) is 20.5. The first kappa shape index (κ1) is 57.7. The molecule has 0 atom stereocenters. The van der Waals surface area contributed by atoms with Crippen molar-refractivity contribution in [3.63, 3.8) is 0 Å². The van der Waals surface area contributed by atoms with E-state index in [1.807, 2.05) is 23.5 Å². The molecule has 4 aliphatic rings. The molecule has 18 rings (SSSR count). The van der Waals surface area contributed by atoms with E-state index in [9.17, 15) is 0 Å². The third-order valence-electron chi connectivity index (χ3n) is 19.7. The topological polar surface area (TPSA) is 13.0 Å². The highest BCUT2D eigenvalue weighted by Crippen LogP contribution is 2.52. The van der Waals surface area contributed by atoms with Crippen LogP contribution in [-0.4, -0.2) is 13.4 Å². The number of hydrogen-bond donors (Lipinski definition) is 0. The van der Waals surface area contributed by atoms with Crippen molar-refractivity contribution in [1.29, 1.82) is 0 Å². The number of hydrogen-bond acceptors (Lipinski definition) is 6. The van der Waals surface area contributed by atoms with Gasteiger partial charge in [-0.2, -0.15) is 0 Å². The van der Waals surface area contributed by atoms with Crippen LogP contribution in [-0.2, 0) is 5.41 Å². The van der Waals surface area contributed by atoms with Gasteiger partial charge in [-0.15, -0.1) is 0 Å². The molecule has 14 aromatic rings. The van der Waals surface area contributed by atoms with Crippen molar-refractivity contribution in [2.75, 3.05) is 19.6 Å². The summed E-state index contributed by atoms with van der Waals surface area (Å²) in [6, 6.07) is 124. The fourth-order valence-corrected chi connectivity index (χ4v) is 17.7. The fraction of sp³-hybridized carbons (Fsp3) is 0.0455. The van der Waals surface area contributed by atoms with Gasteiger partial charge < -0.3 is 19.6 Å². The Hall–Kier alpha value is -10.9. The molecule has 4 heterocycles. The van der Waals surface area contributed by atoms with Crippen molar-refractivity contribution >= 4 is 138 Å². The SMILES string of the molecule is CC(C)(C)c1ccc(-c2ccccc2N2c3cc4c(cc3B3c5ccccc5N(c5ccccc5)c5cc(N(c6ccccc6)c6ccccc6)cc2c53)B2c3ccccc3Sc3cc(N(c5ccc(-c6ccccc6)cc5)c5cccc(-c6ccccc6)c5)cc(c32)S4)cc1. The number of benzene rings is 14. The van der Waals surface area contributed by atoms with Gasteiger partial charge in [-0.1, -0.05) is 280 Å². The molecular weight excluding hydrogens is 1200 g/mol. The number of para-hydroxylation sites is 5. The molecule has 0 bridgehead atoms. The predicted molar refractivity (Wildman–Crippen MR) is 411 cm³/mol. The van der Waals surface area contributed by atoms with E-state index in [0.717, 1.165) is 62.4 Å². The zero-order valence-electron chi connectivity index (χ0n) is 53.5. The average Bonchev–Trinajstić information content (AvgIpc) is 0.690. The Morgan fingerprint density at radius 3 is 1.42 bits per heavy atom. The molecule has 4 nitrogen and oxygen atoms in total. The minimum absolute atomic E-state index is 0.00299. The lowest BCUT2D eigenvalue weighted by molar-refractivity contribution is 0.590. The third-order valence-corrected chi connectivity index (χ3v) is 21.9. The lowest BCUT2D eigenvalue weighted by Crippen LogP contribution is -2.64. The summed E-state index contributed by atoms with van der Waals surface area (Å²) in [4.78, 5) is 15.2. The molecule has 0 N–H and O–H groups in total. The lowest BCUT2D eigenvalue weighted by atomic mass is 9.31. The Kier molecular flexibility index (Phi) is 14.2. The average molecular weight is 1260 g/mol. The van der Waals surface area contributed by atoms with E-state index in [2.05, 4.69) is 374 Å². The molecule has 0 aliphatic carbocycles. The van der Waals surface area contributed by atoms with E-state index in [1.165, 1.54) is 97.1 Å². The molecular formula is C88H64B2N4S2. The van der Waals surface area contributed by atoms with Gasteiger partial charge in [0.1, 0.15) is 0 Å². The molecule has 0 spiro atoms. The molecule has 0 saturated carbocycles. The van der Waals surface area contributed by atoms with Crippen LogP contribution in [0.4, 0.5) is 68.2 Å². The maximum absolute atomic E-state index is 2.65. The van der Waals surface area contributed by atoms with E-state index in [0.29, 0.717) is 0 Å². The normalized spacial score (nSPS) is 13.0. The maximum Gasteiger partial charge on any atom is 0.252 e. The van der Waals surface area contributed by atoms with Gasteiger partial charge in [0.15, 0.2) is 0 Å². The molecule has 0 fully saturated rings. The van der Waals surface area contributed by atoms with Crippen molar-refractivity contribution < 1.29 is 0 Å². The quantitative estimate of drug-likeness (QED) is 0.119. The summed E-state index contributed by atoms with van der Waals surface area (Å²) in [6.07, 6.45) is 0. The molecule has 454 valence electrons. The smallest absolute Gasteiger partial charge is 0.252 e. The summed E-state index contributed by atoms with van der Waals surface area (Å²) in [6.45, 7) is 6.73. The molecule has 8 heteroatoms. The molecule has 0 unspecified atom stereocenters. The molecule has 4 aliphatic heterocycles. The van der Waals surface area contributed by atoms with Gasteiger partial charge in [0, 0.05) is 82.0 Å².